The Balaban J connectivity index is 1.76. The van der Waals surface area contributed by atoms with Crippen LogP contribution in [-0.2, 0) is 16.1 Å². The number of rotatable bonds is 7. The number of carbonyl (C=O) groups is 1. The molecule has 1 aliphatic rings. The highest BCUT2D eigenvalue weighted by molar-refractivity contribution is 5.78. The number of ether oxygens (including phenoxy) is 1. The maximum Gasteiger partial charge on any atom is 0.236 e. The first-order valence-corrected chi connectivity index (χ1v) is 7.96. The summed E-state index contributed by atoms with van der Waals surface area (Å²) in [6, 6.07) is 10.8. The number of carbonyl (C=O) groups excluding carboxylic acids is 1. The van der Waals surface area contributed by atoms with Crippen LogP contribution in [0.2, 0.25) is 0 Å². The number of nitrogens with one attached hydrogen (secondary N) is 1. The Morgan fingerprint density at radius 3 is 2.77 bits per heavy atom. The van der Waals surface area contributed by atoms with E-state index in [0.29, 0.717) is 19.7 Å². The number of hydrogen-bond acceptors (Lipinski definition) is 4. The van der Waals surface area contributed by atoms with Gasteiger partial charge in [0.2, 0.25) is 5.91 Å². The molecule has 5 nitrogen and oxygen atoms in total. The van der Waals surface area contributed by atoms with Crippen LogP contribution in [0.15, 0.2) is 30.3 Å². The lowest BCUT2D eigenvalue weighted by Gasteiger charge is -2.40. The number of nitrogens with zero attached hydrogens (tertiary/aromatic N) is 2. The number of methoxy groups -OCH3 is 1. The van der Waals surface area contributed by atoms with E-state index in [-0.39, 0.29) is 11.9 Å². The third-order valence-corrected chi connectivity index (χ3v) is 4.04. The van der Waals surface area contributed by atoms with E-state index in [9.17, 15) is 4.79 Å². The molecule has 22 heavy (non-hydrogen) atoms. The van der Waals surface area contributed by atoms with E-state index < -0.39 is 0 Å². The van der Waals surface area contributed by atoms with Crippen molar-refractivity contribution >= 4 is 5.91 Å². The van der Waals surface area contributed by atoms with E-state index in [1.807, 2.05) is 11.0 Å². The molecule has 1 saturated heterocycles. The van der Waals surface area contributed by atoms with Gasteiger partial charge in [-0.1, -0.05) is 30.3 Å². The van der Waals surface area contributed by atoms with Crippen LogP contribution >= 0.6 is 0 Å². The minimum Gasteiger partial charge on any atom is -0.383 e. The summed E-state index contributed by atoms with van der Waals surface area (Å²) in [5.74, 6) is 0.183. The lowest BCUT2D eigenvalue weighted by molar-refractivity contribution is -0.134. The van der Waals surface area contributed by atoms with Crippen molar-refractivity contribution < 1.29 is 9.53 Å². The van der Waals surface area contributed by atoms with E-state index in [1.54, 1.807) is 7.11 Å². The molecule has 5 heteroatoms. The van der Waals surface area contributed by atoms with Gasteiger partial charge in [-0.05, 0) is 12.5 Å². The number of piperazine rings is 1. The summed E-state index contributed by atoms with van der Waals surface area (Å²) in [4.78, 5) is 16.6. The Labute approximate surface area is 133 Å². The molecule has 122 valence electrons. The minimum atomic E-state index is 0.183. The topological polar surface area (TPSA) is 44.8 Å². The van der Waals surface area contributed by atoms with Crippen LogP contribution in [0.1, 0.15) is 12.5 Å². The van der Waals surface area contributed by atoms with Crippen LogP contribution in [0, 0.1) is 0 Å². The van der Waals surface area contributed by atoms with Gasteiger partial charge in [0.1, 0.15) is 0 Å². The van der Waals surface area contributed by atoms with Crippen LogP contribution in [-0.4, -0.2) is 68.2 Å². The molecule has 1 aromatic carbocycles. The number of hydrogen-bond donors (Lipinski definition) is 1. The van der Waals surface area contributed by atoms with E-state index in [2.05, 4.69) is 41.4 Å². The average Bonchev–Trinajstić information content (AvgIpc) is 2.52. The van der Waals surface area contributed by atoms with Crippen molar-refractivity contribution in [2.75, 3.05) is 46.4 Å². The van der Waals surface area contributed by atoms with E-state index in [0.717, 1.165) is 26.2 Å². The molecular weight excluding hydrogens is 278 g/mol. The van der Waals surface area contributed by atoms with E-state index >= 15 is 0 Å². The van der Waals surface area contributed by atoms with Crippen molar-refractivity contribution in [3.63, 3.8) is 0 Å². The fraction of sp³-hybridized carbons (Fsp3) is 0.588. The molecule has 1 N–H and O–H groups in total. The molecule has 1 fully saturated rings. The Bertz CT molecular complexity index is 452. The van der Waals surface area contributed by atoms with E-state index in [4.69, 9.17) is 4.74 Å². The third-order valence-electron chi connectivity index (χ3n) is 4.04. The Morgan fingerprint density at radius 2 is 2.09 bits per heavy atom. The number of benzene rings is 1. The normalized spacial score (nSPS) is 19.4. The summed E-state index contributed by atoms with van der Waals surface area (Å²) in [6.45, 7) is 7.49. The zero-order valence-electron chi connectivity index (χ0n) is 13.6. The molecular formula is C17H27N3O2. The number of amides is 1. The van der Waals surface area contributed by atoms with Crippen molar-refractivity contribution in [1.82, 2.24) is 15.1 Å². The van der Waals surface area contributed by atoms with Crippen LogP contribution in [0.3, 0.4) is 0 Å². The lowest BCUT2D eigenvalue weighted by atomic mass is 10.1. The van der Waals surface area contributed by atoms with Gasteiger partial charge >= 0.3 is 0 Å². The van der Waals surface area contributed by atoms with Crippen LogP contribution in [0.4, 0.5) is 0 Å². The largest absolute Gasteiger partial charge is 0.383 e. The summed E-state index contributed by atoms with van der Waals surface area (Å²) in [7, 11) is 1.66. The van der Waals surface area contributed by atoms with Gasteiger partial charge in [-0.25, -0.2) is 0 Å². The molecule has 1 atom stereocenters. The molecule has 1 aliphatic heterocycles. The maximum absolute atomic E-state index is 12.2. The Morgan fingerprint density at radius 1 is 1.32 bits per heavy atom. The van der Waals surface area contributed by atoms with Crippen LogP contribution in [0.25, 0.3) is 0 Å². The molecule has 0 aliphatic carbocycles. The van der Waals surface area contributed by atoms with Gasteiger partial charge < -0.3 is 15.0 Å². The zero-order chi connectivity index (χ0) is 15.8. The summed E-state index contributed by atoms with van der Waals surface area (Å²) >= 11 is 0. The predicted molar refractivity (Wildman–Crippen MR) is 87.6 cm³/mol. The van der Waals surface area contributed by atoms with Gasteiger partial charge in [-0.2, -0.15) is 0 Å². The summed E-state index contributed by atoms with van der Waals surface area (Å²) in [5, 5.41) is 3.13. The molecule has 0 aromatic heterocycles. The van der Waals surface area contributed by atoms with Crippen LogP contribution < -0.4 is 5.32 Å². The SMILES string of the molecule is COCCNCC(=O)N1CCN(Cc2ccccc2)CC1C. The van der Waals surface area contributed by atoms with Gasteiger partial charge in [-0.15, -0.1) is 0 Å². The van der Waals surface area contributed by atoms with Gasteiger partial charge in [0.15, 0.2) is 0 Å². The highest BCUT2D eigenvalue weighted by Gasteiger charge is 2.26. The molecule has 1 amide bonds. The first-order valence-electron chi connectivity index (χ1n) is 7.96. The van der Waals surface area contributed by atoms with Gasteiger partial charge in [0.05, 0.1) is 13.2 Å². The Hall–Kier alpha value is -1.43. The minimum absolute atomic E-state index is 0.183. The summed E-state index contributed by atoms with van der Waals surface area (Å²) < 4.78 is 4.97. The van der Waals surface area contributed by atoms with E-state index in [1.165, 1.54) is 5.56 Å². The van der Waals surface area contributed by atoms with Gasteiger partial charge in [-0.3, -0.25) is 9.69 Å². The van der Waals surface area contributed by atoms with Crippen molar-refractivity contribution in [3.05, 3.63) is 35.9 Å². The lowest BCUT2D eigenvalue weighted by Crippen LogP contribution is -2.55. The first-order chi connectivity index (χ1) is 10.7. The molecule has 1 aromatic rings. The second-order valence-electron chi connectivity index (χ2n) is 5.83. The van der Waals surface area contributed by atoms with Crippen molar-refractivity contribution in [3.8, 4) is 0 Å². The molecule has 0 spiro atoms. The zero-order valence-corrected chi connectivity index (χ0v) is 13.6. The smallest absolute Gasteiger partial charge is 0.236 e. The summed E-state index contributed by atoms with van der Waals surface area (Å²) in [5.41, 5.74) is 1.33. The second-order valence-corrected chi connectivity index (χ2v) is 5.83. The van der Waals surface area contributed by atoms with Crippen molar-refractivity contribution in [2.24, 2.45) is 0 Å². The predicted octanol–water partition coefficient (Wildman–Crippen LogP) is 0.955. The molecule has 1 unspecified atom stereocenters. The quantitative estimate of drug-likeness (QED) is 0.762. The van der Waals surface area contributed by atoms with Gasteiger partial charge in [0, 0.05) is 45.9 Å². The fourth-order valence-electron chi connectivity index (χ4n) is 2.86. The van der Waals surface area contributed by atoms with Crippen molar-refractivity contribution in [2.45, 2.75) is 19.5 Å². The van der Waals surface area contributed by atoms with Crippen LogP contribution in [0.5, 0.6) is 0 Å². The third kappa shape index (κ3) is 5.09. The standard InChI is InChI=1S/C17H27N3O2/c1-15-13-19(14-16-6-4-3-5-7-16)9-10-20(15)17(21)12-18-8-11-22-2/h3-7,15,18H,8-14H2,1-2H3. The van der Waals surface area contributed by atoms with Crippen molar-refractivity contribution in [1.29, 1.82) is 0 Å². The fourth-order valence-corrected chi connectivity index (χ4v) is 2.86. The molecule has 0 radical (unpaired) electrons. The first kappa shape index (κ1) is 16.9. The monoisotopic (exact) mass is 305 g/mol. The molecule has 2 rings (SSSR count). The Kier molecular flexibility index (Phi) is 6.83. The average molecular weight is 305 g/mol. The van der Waals surface area contributed by atoms with Gasteiger partial charge in [0.25, 0.3) is 0 Å². The molecule has 1 heterocycles. The maximum atomic E-state index is 12.2. The molecule has 0 bridgehead atoms. The summed E-state index contributed by atoms with van der Waals surface area (Å²) in [6.07, 6.45) is 0. The molecule has 0 saturated carbocycles. The highest BCUT2D eigenvalue weighted by Crippen LogP contribution is 2.13. The second kappa shape index (κ2) is 8.88. The highest BCUT2D eigenvalue weighted by atomic mass is 16.5.